The number of phenols is 2. The maximum Gasteiger partial charge on any atom is 0.407 e. The molecule has 1 rings (SSSR count). The minimum Gasteiger partial charge on any atom is -0.508 e. The van der Waals surface area contributed by atoms with E-state index in [2.05, 4.69) is 5.32 Å². The minimum atomic E-state index is -0.530. The van der Waals surface area contributed by atoms with E-state index in [0.717, 1.165) is 0 Å². The molecule has 0 spiro atoms. The van der Waals surface area contributed by atoms with Crippen molar-refractivity contribution < 1.29 is 19.7 Å². The van der Waals surface area contributed by atoms with E-state index in [0.29, 0.717) is 5.56 Å². The molecule has 0 atom stereocenters. The molecule has 0 aliphatic carbocycles. The second-order valence-corrected chi connectivity index (χ2v) is 5.03. The lowest BCUT2D eigenvalue weighted by molar-refractivity contribution is 0.0534. The first-order valence-electron chi connectivity index (χ1n) is 5.93. The third-order valence-electron chi connectivity index (χ3n) is 2.07. The number of phenolic OH excluding ortho intramolecular Hbond substituents is 2. The molecule has 1 amide bonds. The monoisotopic (exact) mass is 265 g/mol. The maximum atomic E-state index is 11.3. The summed E-state index contributed by atoms with van der Waals surface area (Å²) < 4.78 is 5.06. The van der Waals surface area contributed by atoms with Gasteiger partial charge in [0, 0.05) is 12.1 Å². The highest BCUT2D eigenvalue weighted by Crippen LogP contribution is 2.22. The molecule has 1 aromatic rings. The summed E-state index contributed by atoms with van der Waals surface area (Å²) in [4.78, 5) is 11.3. The SMILES string of the molecule is CC(C)(C)OC(=O)NCC=Cc1cc(O)ccc1O. The predicted molar refractivity (Wildman–Crippen MR) is 73.0 cm³/mol. The van der Waals surface area contributed by atoms with Crippen LogP contribution in [0.25, 0.3) is 6.08 Å². The van der Waals surface area contributed by atoms with Crippen molar-refractivity contribution in [1.29, 1.82) is 0 Å². The molecule has 0 unspecified atom stereocenters. The fourth-order valence-electron chi connectivity index (χ4n) is 1.32. The lowest BCUT2D eigenvalue weighted by atomic mass is 10.2. The van der Waals surface area contributed by atoms with Gasteiger partial charge in [0.1, 0.15) is 17.1 Å². The molecule has 0 saturated heterocycles. The van der Waals surface area contributed by atoms with Gasteiger partial charge in [0.2, 0.25) is 0 Å². The molecule has 0 saturated carbocycles. The van der Waals surface area contributed by atoms with Gasteiger partial charge in [0.05, 0.1) is 0 Å². The number of benzene rings is 1. The molecule has 104 valence electrons. The first-order chi connectivity index (χ1) is 8.78. The fourth-order valence-corrected chi connectivity index (χ4v) is 1.32. The number of carbonyl (C=O) groups excluding carboxylic acids is 1. The number of amides is 1. The Morgan fingerprint density at radius 2 is 2.05 bits per heavy atom. The number of hydrogen-bond acceptors (Lipinski definition) is 4. The summed E-state index contributed by atoms with van der Waals surface area (Å²) in [5, 5.41) is 21.3. The van der Waals surface area contributed by atoms with Crippen LogP contribution in [-0.4, -0.2) is 28.5 Å². The Morgan fingerprint density at radius 3 is 2.68 bits per heavy atom. The topological polar surface area (TPSA) is 78.8 Å². The quantitative estimate of drug-likeness (QED) is 0.734. The van der Waals surface area contributed by atoms with Gasteiger partial charge in [-0.1, -0.05) is 12.2 Å². The van der Waals surface area contributed by atoms with E-state index in [-0.39, 0.29) is 18.0 Å². The molecule has 3 N–H and O–H groups in total. The van der Waals surface area contributed by atoms with Crippen molar-refractivity contribution in [3.63, 3.8) is 0 Å². The lowest BCUT2D eigenvalue weighted by Gasteiger charge is -2.19. The normalized spacial score (nSPS) is 11.5. The first kappa shape index (κ1) is 14.9. The number of ether oxygens (including phenoxy) is 1. The summed E-state index contributed by atoms with van der Waals surface area (Å²) in [7, 11) is 0. The number of carbonyl (C=O) groups is 1. The third kappa shape index (κ3) is 5.81. The highest BCUT2D eigenvalue weighted by molar-refractivity contribution is 5.68. The number of rotatable bonds is 3. The van der Waals surface area contributed by atoms with Crippen molar-refractivity contribution in [3.05, 3.63) is 29.8 Å². The van der Waals surface area contributed by atoms with Gasteiger partial charge < -0.3 is 20.3 Å². The van der Waals surface area contributed by atoms with Crippen molar-refractivity contribution in [1.82, 2.24) is 5.32 Å². The van der Waals surface area contributed by atoms with E-state index in [1.54, 1.807) is 32.9 Å². The standard InChI is InChI=1S/C14H19NO4/c1-14(2,3)19-13(18)15-8-4-5-10-9-11(16)6-7-12(10)17/h4-7,9,16-17H,8H2,1-3H3,(H,15,18). The number of hydrogen-bond donors (Lipinski definition) is 3. The van der Waals surface area contributed by atoms with Crippen LogP contribution in [0, 0.1) is 0 Å². The van der Waals surface area contributed by atoms with E-state index in [9.17, 15) is 15.0 Å². The second kappa shape index (κ2) is 6.13. The smallest absolute Gasteiger partial charge is 0.407 e. The number of nitrogens with one attached hydrogen (secondary N) is 1. The van der Waals surface area contributed by atoms with Crippen molar-refractivity contribution in [3.8, 4) is 11.5 Å². The van der Waals surface area contributed by atoms with Crippen LogP contribution in [0.3, 0.4) is 0 Å². The van der Waals surface area contributed by atoms with Gasteiger partial charge in [-0.2, -0.15) is 0 Å². The van der Waals surface area contributed by atoms with Crippen LogP contribution < -0.4 is 5.32 Å². The van der Waals surface area contributed by atoms with Crippen molar-refractivity contribution in [2.75, 3.05) is 6.54 Å². The largest absolute Gasteiger partial charge is 0.508 e. The Kier molecular flexibility index (Phi) is 4.80. The molecule has 0 bridgehead atoms. The summed E-state index contributed by atoms with van der Waals surface area (Å²) in [5.74, 6) is 0.129. The van der Waals surface area contributed by atoms with Gasteiger partial charge in [0.25, 0.3) is 0 Å². The number of aromatic hydroxyl groups is 2. The van der Waals surface area contributed by atoms with E-state index in [1.807, 2.05) is 0 Å². The third-order valence-corrected chi connectivity index (χ3v) is 2.07. The molecular weight excluding hydrogens is 246 g/mol. The highest BCUT2D eigenvalue weighted by Gasteiger charge is 2.14. The average molecular weight is 265 g/mol. The van der Waals surface area contributed by atoms with Crippen molar-refractivity contribution in [2.24, 2.45) is 0 Å². The molecule has 0 fully saturated rings. The Balaban J connectivity index is 2.47. The Labute approximate surface area is 112 Å². The van der Waals surface area contributed by atoms with E-state index >= 15 is 0 Å². The average Bonchev–Trinajstić information content (AvgIpc) is 2.26. The first-order valence-corrected chi connectivity index (χ1v) is 5.93. The van der Waals surface area contributed by atoms with E-state index < -0.39 is 11.7 Å². The summed E-state index contributed by atoms with van der Waals surface area (Å²) in [6.07, 6.45) is 2.75. The highest BCUT2D eigenvalue weighted by atomic mass is 16.6. The molecule has 0 aliphatic heterocycles. The van der Waals surface area contributed by atoms with Gasteiger partial charge >= 0.3 is 6.09 Å². The van der Waals surface area contributed by atoms with Gasteiger partial charge in [-0.15, -0.1) is 0 Å². The molecule has 5 heteroatoms. The molecule has 0 radical (unpaired) electrons. The molecule has 5 nitrogen and oxygen atoms in total. The van der Waals surface area contributed by atoms with Crippen LogP contribution in [-0.2, 0) is 4.74 Å². The second-order valence-electron chi connectivity index (χ2n) is 5.03. The van der Waals surface area contributed by atoms with Crippen LogP contribution in [0.15, 0.2) is 24.3 Å². The minimum absolute atomic E-state index is 0.0614. The predicted octanol–water partition coefficient (Wildman–Crippen LogP) is 2.64. The zero-order valence-electron chi connectivity index (χ0n) is 11.3. The van der Waals surface area contributed by atoms with E-state index in [4.69, 9.17) is 4.74 Å². The Morgan fingerprint density at radius 1 is 1.37 bits per heavy atom. The molecule has 0 heterocycles. The van der Waals surface area contributed by atoms with Crippen LogP contribution >= 0.6 is 0 Å². The zero-order valence-corrected chi connectivity index (χ0v) is 11.3. The molecular formula is C14H19NO4. The summed E-state index contributed by atoms with van der Waals surface area (Å²) in [6, 6.07) is 4.22. The van der Waals surface area contributed by atoms with Crippen molar-refractivity contribution >= 4 is 12.2 Å². The molecule has 0 aliphatic rings. The zero-order chi connectivity index (χ0) is 14.5. The van der Waals surface area contributed by atoms with Gasteiger partial charge in [-0.25, -0.2) is 4.79 Å². The summed E-state index contributed by atoms with van der Waals surface area (Å²) >= 11 is 0. The molecule has 19 heavy (non-hydrogen) atoms. The molecule has 1 aromatic carbocycles. The van der Waals surface area contributed by atoms with Gasteiger partial charge in [-0.3, -0.25) is 0 Å². The van der Waals surface area contributed by atoms with Gasteiger partial charge in [0.15, 0.2) is 0 Å². The summed E-state index contributed by atoms with van der Waals surface area (Å²) in [6.45, 7) is 5.62. The fraction of sp³-hybridized carbons (Fsp3) is 0.357. The maximum absolute atomic E-state index is 11.3. The van der Waals surface area contributed by atoms with Gasteiger partial charge in [-0.05, 0) is 39.0 Å². The van der Waals surface area contributed by atoms with Crippen LogP contribution in [0.5, 0.6) is 11.5 Å². The van der Waals surface area contributed by atoms with Crippen LogP contribution in [0.4, 0.5) is 4.79 Å². The van der Waals surface area contributed by atoms with Crippen molar-refractivity contribution in [2.45, 2.75) is 26.4 Å². The van der Waals surface area contributed by atoms with Crippen LogP contribution in [0.2, 0.25) is 0 Å². The summed E-state index contributed by atoms with van der Waals surface area (Å²) in [5.41, 5.74) is -0.0527. The lowest BCUT2D eigenvalue weighted by Crippen LogP contribution is -2.32. The van der Waals surface area contributed by atoms with Crippen LogP contribution in [0.1, 0.15) is 26.3 Å². The number of alkyl carbamates (subject to hydrolysis) is 1. The molecule has 0 aromatic heterocycles. The van der Waals surface area contributed by atoms with E-state index in [1.165, 1.54) is 18.2 Å². The Bertz CT molecular complexity index is 475. The Hall–Kier alpha value is -2.17.